The van der Waals surface area contributed by atoms with Crippen LogP contribution in [-0.4, -0.2) is 22.7 Å². The molecule has 0 atom stereocenters. The molecule has 0 radical (unpaired) electrons. The van der Waals surface area contributed by atoms with Gasteiger partial charge in [-0.2, -0.15) is 0 Å². The summed E-state index contributed by atoms with van der Waals surface area (Å²) in [5, 5.41) is 11.7. The molecule has 2 rings (SSSR count). The molecule has 0 saturated carbocycles. The van der Waals surface area contributed by atoms with Gasteiger partial charge in [-0.05, 0) is 25.8 Å². The van der Waals surface area contributed by atoms with E-state index < -0.39 is 0 Å². The zero-order valence-electron chi connectivity index (χ0n) is 9.34. The van der Waals surface area contributed by atoms with Crippen LogP contribution >= 0.6 is 12.4 Å². The lowest BCUT2D eigenvalue weighted by Crippen LogP contribution is -2.29. The van der Waals surface area contributed by atoms with Crippen molar-refractivity contribution in [3.05, 3.63) is 35.4 Å². The Morgan fingerprint density at radius 2 is 2.06 bits per heavy atom. The SMILES string of the molecule is CC1(C)Cc2ccccc2C(/C=N\O)=N1.Cl. The smallest absolute Gasteiger partial charge is 0.0920 e. The predicted molar refractivity (Wildman–Crippen MR) is 68.3 cm³/mol. The van der Waals surface area contributed by atoms with Crippen molar-refractivity contribution >= 4 is 24.3 Å². The minimum absolute atomic E-state index is 0. The number of benzene rings is 1. The molecule has 1 N–H and O–H groups in total. The van der Waals surface area contributed by atoms with E-state index in [4.69, 9.17) is 5.21 Å². The maximum absolute atomic E-state index is 8.60. The molecule has 0 unspecified atom stereocenters. The molecule has 1 aromatic rings. The van der Waals surface area contributed by atoms with Crippen molar-refractivity contribution < 1.29 is 5.21 Å². The average molecular weight is 239 g/mol. The number of hydrogen-bond donors (Lipinski definition) is 1. The predicted octanol–water partition coefficient (Wildman–Crippen LogP) is 2.69. The Labute approximate surface area is 101 Å². The second-order valence-corrected chi connectivity index (χ2v) is 4.39. The van der Waals surface area contributed by atoms with Crippen LogP contribution in [0.2, 0.25) is 0 Å². The van der Waals surface area contributed by atoms with Crippen LogP contribution in [0.5, 0.6) is 0 Å². The lowest BCUT2D eigenvalue weighted by atomic mass is 9.87. The highest BCUT2D eigenvalue weighted by molar-refractivity contribution is 6.38. The Kier molecular flexibility index (Phi) is 3.70. The summed E-state index contributed by atoms with van der Waals surface area (Å²) in [5.74, 6) is 0. The zero-order chi connectivity index (χ0) is 10.9. The van der Waals surface area contributed by atoms with Crippen LogP contribution in [0.3, 0.4) is 0 Å². The molecule has 16 heavy (non-hydrogen) atoms. The fourth-order valence-electron chi connectivity index (χ4n) is 1.97. The normalized spacial score (nSPS) is 17.5. The summed E-state index contributed by atoms with van der Waals surface area (Å²) < 4.78 is 0. The summed E-state index contributed by atoms with van der Waals surface area (Å²) in [5.41, 5.74) is 2.96. The number of rotatable bonds is 1. The standard InChI is InChI=1S/C12H14N2O.ClH/c1-12(2)7-9-5-3-4-6-10(9)11(14-12)8-13-15;/h3-6,8,15H,7H2,1-2H3;1H/b13-8-;. The van der Waals surface area contributed by atoms with Crippen LogP contribution < -0.4 is 0 Å². The van der Waals surface area contributed by atoms with E-state index in [1.165, 1.54) is 11.8 Å². The maximum Gasteiger partial charge on any atom is 0.0920 e. The minimum atomic E-state index is -0.120. The molecule has 3 nitrogen and oxygen atoms in total. The van der Waals surface area contributed by atoms with Crippen molar-refractivity contribution in [1.29, 1.82) is 0 Å². The van der Waals surface area contributed by atoms with E-state index in [0.29, 0.717) is 0 Å². The van der Waals surface area contributed by atoms with Crippen molar-refractivity contribution in [2.75, 3.05) is 0 Å². The third kappa shape index (κ3) is 2.42. The fourth-order valence-corrected chi connectivity index (χ4v) is 1.97. The maximum atomic E-state index is 8.60. The van der Waals surface area contributed by atoms with Gasteiger partial charge in [-0.3, -0.25) is 4.99 Å². The topological polar surface area (TPSA) is 45.0 Å². The lowest BCUT2D eigenvalue weighted by Gasteiger charge is -2.27. The summed E-state index contributed by atoms with van der Waals surface area (Å²) in [7, 11) is 0. The molecule has 0 saturated heterocycles. The average Bonchev–Trinajstić information content (AvgIpc) is 2.16. The van der Waals surface area contributed by atoms with Gasteiger partial charge in [0.2, 0.25) is 0 Å². The number of hydrogen-bond acceptors (Lipinski definition) is 3. The molecular formula is C12H15ClN2O. The number of fused-ring (bicyclic) bond motifs is 1. The van der Waals surface area contributed by atoms with Crippen LogP contribution in [0, 0.1) is 0 Å². The Bertz CT molecular complexity index is 438. The molecular weight excluding hydrogens is 224 g/mol. The Morgan fingerprint density at radius 3 is 2.75 bits per heavy atom. The molecule has 1 aliphatic heterocycles. The van der Waals surface area contributed by atoms with E-state index in [1.54, 1.807) is 0 Å². The largest absolute Gasteiger partial charge is 0.411 e. The van der Waals surface area contributed by atoms with Crippen LogP contribution in [0.4, 0.5) is 0 Å². The molecule has 4 heteroatoms. The summed E-state index contributed by atoms with van der Waals surface area (Å²) in [6.45, 7) is 4.16. The number of nitrogens with zero attached hydrogens (tertiary/aromatic N) is 2. The van der Waals surface area contributed by atoms with Gasteiger partial charge in [-0.15, -0.1) is 12.4 Å². The lowest BCUT2D eigenvalue weighted by molar-refractivity contribution is 0.322. The fraction of sp³-hybridized carbons (Fsp3) is 0.333. The van der Waals surface area contributed by atoms with Gasteiger partial charge < -0.3 is 5.21 Å². The van der Waals surface area contributed by atoms with Gasteiger partial charge in [0.1, 0.15) is 0 Å². The van der Waals surface area contributed by atoms with Crippen molar-refractivity contribution in [2.24, 2.45) is 10.1 Å². The molecule has 0 aromatic heterocycles. The third-order valence-corrected chi connectivity index (χ3v) is 2.52. The van der Waals surface area contributed by atoms with Gasteiger partial charge in [0.05, 0.1) is 17.5 Å². The number of halogens is 1. The van der Waals surface area contributed by atoms with E-state index >= 15 is 0 Å². The molecule has 0 amide bonds. The van der Waals surface area contributed by atoms with E-state index in [2.05, 4.69) is 30.1 Å². The summed E-state index contributed by atoms with van der Waals surface area (Å²) >= 11 is 0. The highest BCUT2D eigenvalue weighted by atomic mass is 35.5. The molecule has 86 valence electrons. The summed E-state index contributed by atoms with van der Waals surface area (Å²) in [4.78, 5) is 4.55. The van der Waals surface area contributed by atoms with E-state index in [1.807, 2.05) is 18.2 Å². The van der Waals surface area contributed by atoms with E-state index in [9.17, 15) is 0 Å². The van der Waals surface area contributed by atoms with Crippen LogP contribution in [0.15, 0.2) is 34.4 Å². The highest BCUT2D eigenvalue weighted by Gasteiger charge is 2.25. The summed E-state index contributed by atoms with van der Waals surface area (Å²) in [6, 6.07) is 8.09. The van der Waals surface area contributed by atoms with Crippen LogP contribution in [0.1, 0.15) is 25.0 Å². The Hall–Kier alpha value is -1.35. The minimum Gasteiger partial charge on any atom is -0.411 e. The highest BCUT2D eigenvalue weighted by Crippen LogP contribution is 2.26. The van der Waals surface area contributed by atoms with Crippen LogP contribution in [-0.2, 0) is 6.42 Å². The first-order chi connectivity index (χ1) is 7.12. The summed E-state index contributed by atoms with van der Waals surface area (Å²) in [6.07, 6.45) is 2.33. The van der Waals surface area contributed by atoms with Crippen molar-refractivity contribution in [1.82, 2.24) is 0 Å². The monoisotopic (exact) mass is 238 g/mol. The quantitative estimate of drug-likeness (QED) is 0.456. The molecule has 1 aromatic carbocycles. The molecule has 0 aliphatic carbocycles. The Balaban J connectivity index is 0.00000128. The molecule has 1 heterocycles. The second-order valence-electron chi connectivity index (χ2n) is 4.39. The number of oxime groups is 1. The molecule has 0 fully saturated rings. The first-order valence-electron chi connectivity index (χ1n) is 4.98. The zero-order valence-corrected chi connectivity index (χ0v) is 10.2. The van der Waals surface area contributed by atoms with Crippen molar-refractivity contribution in [2.45, 2.75) is 25.8 Å². The van der Waals surface area contributed by atoms with Gasteiger partial charge in [-0.25, -0.2) is 0 Å². The van der Waals surface area contributed by atoms with Gasteiger partial charge in [0.25, 0.3) is 0 Å². The van der Waals surface area contributed by atoms with Crippen molar-refractivity contribution in [3.8, 4) is 0 Å². The molecule has 0 bridgehead atoms. The molecule has 0 spiro atoms. The van der Waals surface area contributed by atoms with Gasteiger partial charge in [0.15, 0.2) is 0 Å². The van der Waals surface area contributed by atoms with Gasteiger partial charge in [0, 0.05) is 5.56 Å². The Morgan fingerprint density at radius 1 is 1.38 bits per heavy atom. The van der Waals surface area contributed by atoms with Gasteiger partial charge >= 0.3 is 0 Å². The molecule has 1 aliphatic rings. The first-order valence-corrected chi connectivity index (χ1v) is 4.98. The van der Waals surface area contributed by atoms with Gasteiger partial charge in [-0.1, -0.05) is 29.4 Å². The van der Waals surface area contributed by atoms with Crippen molar-refractivity contribution in [3.63, 3.8) is 0 Å². The van der Waals surface area contributed by atoms with Crippen LogP contribution in [0.25, 0.3) is 0 Å². The second kappa shape index (κ2) is 4.66. The van der Waals surface area contributed by atoms with E-state index in [-0.39, 0.29) is 17.9 Å². The van der Waals surface area contributed by atoms with E-state index in [0.717, 1.165) is 17.7 Å². The number of aliphatic imine (C=N–C) groups is 1. The third-order valence-electron chi connectivity index (χ3n) is 2.52. The first kappa shape index (κ1) is 12.7.